The van der Waals surface area contributed by atoms with E-state index < -0.39 is 0 Å². The van der Waals surface area contributed by atoms with E-state index >= 15 is 0 Å². The fourth-order valence-corrected chi connectivity index (χ4v) is 7.30. The summed E-state index contributed by atoms with van der Waals surface area (Å²) in [6, 6.07) is 0. The molecule has 2 N–H and O–H groups in total. The van der Waals surface area contributed by atoms with Crippen LogP contribution in [0.25, 0.3) is 0 Å². The molecule has 0 spiro atoms. The SMILES string of the molecule is C[C@@H](O)[C@H]1CC[C@H]2[C@@H]3CC=C4C[C@@H](O)CC[C@]4(C)[C@H]3C(=O)C[C@]12C. The fraction of sp³-hybridized carbons (Fsp3) is 0.857. The van der Waals surface area contributed by atoms with Crippen LogP contribution in [0.2, 0.25) is 0 Å². The van der Waals surface area contributed by atoms with E-state index in [9.17, 15) is 15.0 Å². The minimum Gasteiger partial charge on any atom is -0.393 e. The molecule has 0 radical (unpaired) electrons. The maximum absolute atomic E-state index is 13.3. The van der Waals surface area contributed by atoms with E-state index in [1.54, 1.807) is 0 Å². The van der Waals surface area contributed by atoms with Crippen molar-refractivity contribution in [3.8, 4) is 0 Å². The van der Waals surface area contributed by atoms with Crippen LogP contribution in [0.1, 0.15) is 65.7 Å². The average molecular weight is 332 g/mol. The van der Waals surface area contributed by atoms with Crippen LogP contribution in [0.3, 0.4) is 0 Å². The lowest BCUT2D eigenvalue weighted by Crippen LogP contribution is -2.55. The van der Waals surface area contributed by atoms with Gasteiger partial charge >= 0.3 is 0 Å². The third-order valence-corrected chi connectivity index (χ3v) is 8.42. The van der Waals surface area contributed by atoms with Crippen molar-refractivity contribution >= 4 is 5.78 Å². The Kier molecular flexibility index (Phi) is 3.78. The van der Waals surface area contributed by atoms with Gasteiger partial charge in [0.05, 0.1) is 12.2 Å². The number of carbonyl (C=O) groups is 1. The highest BCUT2D eigenvalue weighted by atomic mass is 16.3. The molecule has 0 aromatic carbocycles. The summed E-state index contributed by atoms with van der Waals surface area (Å²) in [5.74, 6) is 1.82. The Hall–Kier alpha value is -0.670. The Balaban J connectivity index is 1.72. The summed E-state index contributed by atoms with van der Waals surface area (Å²) in [7, 11) is 0. The summed E-state index contributed by atoms with van der Waals surface area (Å²) >= 11 is 0. The minimum atomic E-state index is -0.320. The van der Waals surface area contributed by atoms with E-state index in [1.807, 2.05) is 6.92 Å². The van der Waals surface area contributed by atoms with Crippen molar-refractivity contribution in [2.75, 3.05) is 0 Å². The Morgan fingerprint density at radius 3 is 2.71 bits per heavy atom. The topological polar surface area (TPSA) is 57.5 Å². The molecule has 0 aromatic rings. The molecule has 4 aliphatic carbocycles. The van der Waals surface area contributed by atoms with Gasteiger partial charge in [-0.15, -0.1) is 0 Å². The maximum atomic E-state index is 13.3. The number of aliphatic hydroxyl groups excluding tert-OH is 2. The number of hydrogen-bond donors (Lipinski definition) is 2. The molecule has 3 heteroatoms. The van der Waals surface area contributed by atoms with Crippen LogP contribution >= 0.6 is 0 Å². The van der Waals surface area contributed by atoms with Crippen LogP contribution in [0.15, 0.2) is 11.6 Å². The lowest BCUT2D eigenvalue weighted by molar-refractivity contribution is -0.146. The van der Waals surface area contributed by atoms with Gasteiger partial charge in [0.15, 0.2) is 0 Å². The van der Waals surface area contributed by atoms with Crippen molar-refractivity contribution in [2.24, 2.45) is 34.5 Å². The van der Waals surface area contributed by atoms with Gasteiger partial charge < -0.3 is 10.2 Å². The molecule has 134 valence electrons. The van der Waals surface area contributed by atoms with Crippen molar-refractivity contribution in [3.05, 3.63) is 11.6 Å². The molecule has 0 unspecified atom stereocenters. The highest BCUT2D eigenvalue weighted by molar-refractivity contribution is 5.85. The largest absolute Gasteiger partial charge is 0.393 e. The summed E-state index contributed by atoms with van der Waals surface area (Å²) in [6.07, 6.45) is 8.17. The Labute approximate surface area is 145 Å². The maximum Gasteiger partial charge on any atom is 0.137 e. The number of fused-ring (bicyclic) bond motifs is 5. The smallest absolute Gasteiger partial charge is 0.137 e. The molecular weight excluding hydrogens is 300 g/mol. The van der Waals surface area contributed by atoms with Gasteiger partial charge in [0.1, 0.15) is 5.78 Å². The van der Waals surface area contributed by atoms with Gasteiger partial charge in [-0.2, -0.15) is 0 Å². The van der Waals surface area contributed by atoms with Gasteiger partial charge in [-0.25, -0.2) is 0 Å². The van der Waals surface area contributed by atoms with Crippen LogP contribution in [0.4, 0.5) is 0 Å². The first-order valence-corrected chi connectivity index (χ1v) is 9.85. The van der Waals surface area contributed by atoms with Crippen LogP contribution in [-0.2, 0) is 4.79 Å². The summed E-state index contributed by atoms with van der Waals surface area (Å²) in [4.78, 5) is 13.3. The van der Waals surface area contributed by atoms with Crippen molar-refractivity contribution in [3.63, 3.8) is 0 Å². The van der Waals surface area contributed by atoms with Gasteiger partial charge in [0, 0.05) is 12.3 Å². The average Bonchev–Trinajstić information content (AvgIpc) is 2.84. The van der Waals surface area contributed by atoms with Crippen LogP contribution in [-0.4, -0.2) is 28.2 Å². The first-order valence-electron chi connectivity index (χ1n) is 9.85. The van der Waals surface area contributed by atoms with Gasteiger partial charge in [-0.3, -0.25) is 4.79 Å². The molecule has 0 saturated heterocycles. The van der Waals surface area contributed by atoms with E-state index in [0.29, 0.717) is 24.0 Å². The normalized spacial score (nSPS) is 52.1. The quantitative estimate of drug-likeness (QED) is 0.723. The number of Topliss-reactive ketones (excluding diaryl/α,β-unsaturated/α-hetero) is 1. The molecule has 0 heterocycles. The standard InChI is InChI=1S/C21H32O3/c1-12(22)16-6-7-17-15-5-4-13-10-14(23)8-9-20(13,2)19(15)18(24)11-21(16,17)3/h4,12,14-17,19,22-23H,5-11H2,1-3H3/t12-,14+,15+,16-,17+,19-,20+,21-/m1/s1. The van der Waals surface area contributed by atoms with E-state index in [1.165, 1.54) is 5.57 Å². The number of allylic oxidation sites excluding steroid dienone is 1. The molecule has 3 nitrogen and oxygen atoms in total. The minimum absolute atomic E-state index is 0.0255. The van der Waals surface area contributed by atoms with Crippen molar-refractivity contribution in [2.45, 2.75) is 77.9 Å². The molecule has 8 atom stereocenters. The lowest BCUT2D eigenvalue weighted by Gasteiger charge is -2.57. The van der Waals surface area contributed by atoms with Gasteiger partial charge in [0.2, 0.25) is 0 Å². The first-order chi connectivity index (χ1) is 11.3. The molecule has 3 saturated carbocycles. The van der Waals surface area contributed by atoms with E-state index in [0.717, 1.165) is 38.5 Å². The van der Waals surface area contributed by atoms with Crippen LogP contribution < -0.4 is 0 Å². The zero-order chi connectivity index (χ0) is 17.3. The fourth-order valence-electron chi connectivity index (χ4n) is 7.30. The number of ketones is 1. The van der Waals surface area contributed by atoms with Crippen molar-refractivity contribution in [1.29, 1.82) is 0 Å². The number of hydrogen-bond acceptors (Lipinski definition) is 3. The first kappa shape index (κ1) is 16.8. The summed E-state index contributed by atoms with van der Waals surface area (Å²) in [6.45, 7) is 6.45. The van der Waals surface area contributed by atoms with E-state index in [2.05, 4.69) is 19.9 Å². The van der Waals surface area contributed by atoms with Crippen molar-refractivity contribution < 1.29 is 15.0 Å². The zero-order valence-electron chi connectivity index (χ0n) is 15.3. The van der Waals surface area contributed by atoms with E-state index in [-0.39, 0.29) is 34.9 Å². The molecule has 0 aliphatic heterocycles. The molecule has 4 aliphatic rings. The lowest BCUT2D eigenvalue weighted by atomic mass is 9.47. The van der Waals surface area contributed by atoms with Crippen LogP contribution in [0, 0.1) is 34.5 Å². The molecule has 0 amide bonds. The number of rotatable bonds is 1. The predicted molar refractivity (Wildman–Crippen MR) is 93.3 cm³/mol. The molecule has 3 fully saturated rings. The molecular formula is C21H32O3. The summed E-state index contributed by atoms with van der Waals surface area (Å²) in [5.41, 5.74) is 1.27. The number of carbonyl (C=O) groups excluding carboxylic acids is 1. The highest BCUT2D eigenvalue weighted by Crippen LogP contribution is 2.65. The molecule has 0 bridgehead atoms. The van der Waals surface area contributed by atoms with Gasteiger partial charge in [-0.1, -0.05) is 25.5 Å². The van der Waals surface area contributed by atoms with Crippen LogP contribution in [0.5, 0.6) is 0 Å². The molecule has 0 aromatic heterocycles. The third-order valence-electron chi connectivity index (χ3n) is 8.42. The summed E-state index contributed by atoms with van der Waals surface area (Å²) in [5, 5.41) is 20.3. The van der Waals surface area contributed by atoms with E-state index in [4.69, 9.17) is 0 Å². The highest BCUT2D eigenvalue weighted by Gasteiger charge is 2.62. The van der Waals surface area contributed by atoms with Crippen molar-refractivity contribution in [1.82, 2.24) is 0 Å². The third kappa shape index (κ3) is 2.13. The molecule has 4 rings (SSSR count). The predicted octanol–water partition coefficient (Wildman–Crippen LogP) is 3.49. The Morgan fingerprint density at radius 1 is 1.25 bits per heavy atom. The second-order valence-electron chi connectivity index (χ2n) is 9.60. The van der Waals surface area contributed by atoms with Gasteiger partial charge in [-0.05, 0) is 74.0 Å². The summed E-state index contributed by atoms with van der Waals surface area (Å²) < 4.78 is 0. The Morgan fingerprint density at radius 2 is 2.00 bits per heavy atom. The Bertz CT molecular complexity index is 580. The van der Waals surface area contributed by atoms with Gasteiger partial charge in [0.25, 0.3) is 0 Å². The second kappa shape index (κ2) is 5.41. The number of aliphatic hydroxyl groups is 2. The second-order valence-corrected chi connectivity index (χ2v) is 9.60. The molecule has 24 heavy (non-hydrogen) atoms. The monoisotopic (exact) mass is 332 g/mol. The zero-order valence-corrected chi connectivity index (χ0v) is 15.3.